The zero-order valence-corrected chi connectivity index (χ0v) is 15.5. The second kappa shape index (κ2) is 8.05. The van der Waals surface area contributed by atoms with Crippen molar-refractivity contribution in [1.82, 2.24) is 14.9 Å². The summed E-state index contributed by atoms with van der Waals surface area (Å²) in [7, 11) is 3.98. The molecule has 0 aliphatic carbocycles. The van der Waals surface area contributed by atoms with Crippen molar-refractivity contribution in [3.63, 3.8) is 0 Å². The fourth-order valence-corrected chi connectivity index (χ4v) is 4.17. The monoisotopic (exact) mass is 349 g/mol. The first-order valence-corrected chi connectivity index (χ1v) is 9.90. The van der Waals surface area contributed by atoms with Gasteiger partial charge in [0, 0.05) is 64.4 Å². The molecule has 0 spiro atoms. The third kappa shape index (κ3) is 4.32. The van der Waals surface area contributed by atoms with Gasteiger partial charge in [0.1, 0.15) is 5.82 Å². The lowest BCUT2D eigenvalue weighted by atomic mass is 9.93. The maximum atomic E-state index is 12.4. The predicted molar refractivity (Wildman–Crippen MR) is 99.8 cm³/mol. The molecule has 2 aliphatic rings. The summed E-state index contributed by atoms with van der Waals surface area (Å²) >= 11 is 1.95. The van der Waals surface area contributed by atoms with Gasteiger partial charge in [-0.25, -0.2) is 4.98 Å². The van der Waals surface area contributed by atoms with Crippen molar-refractivity contribution in [3.05, 3.63) is 12.3 Å². The van der Waals surface area contributed by atoms with Gasteiger partial charge in [0.15, 0.2) is 0 Å². The fraction of sp³-hybridized carbons (Fsp3) is 0.706. The minimum atomic E-state index is 0.347. The topological polar surface area (TPSA) is 52.6 Å². The molecule has 0 atom stereocenters. The lowest BCUT2D eigenvalue weighted by Crippen LogP contribution is -2.41. The van der Waals surface area contributed by atoms with E-state index in [1.165, 1.54) is 0 Å². The number of amides is 1. The predicted octanol–water partition coefficient (Wildman–Crippen LogP) is 1.72. The number of rotatable bonds is 4. The van der Waals surface area contributed by atoms with Crippen molar-refractivity contribution < 1.29 is 4.79 Å². The second-order valence-corrected chi connectivity index (χ2v) is 7.96. The van der Waals surface area contributed by atoms with Gasteiger partial charge in [-0.1, -0.05) is 0 Å². The molecular formula is C17H27N5OS. The molecule has 3 rings (SSSR count). The van der Waals surface area contributed by atoms with E-state index in [2.05, 4.69) is 14.9 Å². The number of thioether (sulfide) groups is 1. The zero-order chi connectivity index (χ0) is 16.9. The van der Waals surface area contributed by atoms with E-state index >= 15 is 0 Å². The molecule has 0 N–H and O–H groups in total. The van der Waals surface area contributed by atoms with Crippen LogP contribution in [0.2, 0.25) is 0 Å². The molecule has 0 bridgehead atoms. The van der Waals surface area contributed by atoms with Crippen molar-refractivity contribution in [2.75, 3.05) is 61.6 Å². The lowest BCUT2D eigenvalue weighted by Gasteiger charge is -2.33. The minimum absolute atomic E-state index is 0.347. The quantitative estimate of drug-likeness (QED) is 0.825. The highest BCUT2D eigenvalue weighted by molar-refractivity contribution is 7.99. The molecule has 0 aromatic carbocycles. The average molecular weight is 350 g/mol. The van der Waals surface area contributed by atoms with Gasteiger partial charge in [-0.2, -0.15) is 16.7 Å². The third-order valence-electron chi connectivity index (χ3n) is 4.81. The Morgan fingerprint density at radius 1 is 1.25 bits per heavy atom. The first-order chi connectivity index (χ1) is 11.6. The summed E-state index contributed by atoms with van der Waals surface area (Å²) in [5, 5.41) is 0. The van der Waals surface area contributed by atoms with Crippen molar-refractivity contribution in [1.29, 1.82) is 0 Å². The molecule has 0 unspecified atom stereocenters. The molecule has 2 aliphatic heterocycles. The van der Waals surface area contributed by atoms with Gasteiger partial charge in [-0.05, 0) is 24.8 Å². The zero-order valence-electron chi connectivity index (χ0n) is 14.6. The SMILES string of the molecule is CN(C)c1ccnc(N2CCC(CC(=O)N3CCSCC3)CC2)n1. The van der Waals surface area contributed by atoms with E-state index in [9.17, 15) is 4.79 Å². The van der Waals surface area contributed by atoms with Gasteiger partial charge in [-0.15, -0.1) is 0 Å². The second-order valence-electron chi connectivity index (χ2n) is 6.74. The van der Waals surface area contributed by atoms with Crippen LogP contribution in [0.4, 0.5) is 11.8 Å². The van der Waals surface area contributed by atoms with Crippen LogP contribution in [0.3, 0.4) is 0 Å². The van der Waals surface area contributed by atoms with Crippen molar-refractivity contribution in [2.24, 2.45) is 5.92 Å². The van der Waals surface area contributed by atoms with E-state index in [0.717, 1.165) is 62.3 Å². The molecule has 0 saturated carbocycles. The molecule has 24 heavy (non-hydrogen) atoms. The Hall–Kier alpha value is -1.50. The highest BCUT2D eigenvalue weighted by Gasteiger charge is 2.25. The summed E-state index contributed by atoms with van der Waals surface area (Å²) in [4.78, 5) is 27.7. The molecule has 1 amide bonds. The summed E-state index contributed by atoms with van der Waals surface area (Å²) in [6.45, 7) is 3.72. The van der Waals surface area contributed by atoms with Crippen LogP contribution in [0.1, 0.15) is 19.3 Å². The first kappa shape index (κ1) is 17.3. The highest BCUT2D eigenvalue weighted by atomic mass is 32.2. The van der Waals surface area contributed by atoms with Gasteiger partial charge in [0.25, 0.3) is 0 Å². The molecule has 132 valence electrons. The molecule has 0 radical (unpaired) electrons. The van der Waals surface area contributed by atoms with Crippen LogP contribution in [0, 0.1) is 5.92 Å². The minimum Gasteiger partial charge on any atom is -0.363 e. The number of nitrogens with zero attached hydrogens (tertiary/aromatic N) is 5. The van der Waals surface area contributed by atoms with Gasteiger partial charge < -0.3 is 14.7 Å². The van der Waals surface area contributed by atoms with E-state index < -0.39 is 0 Å². The number of piperidine rings is 1. The summed E-state index contributed by atoms with van der Waals surface area (Å²) < 4.78 is 0. The third-order valence-corrected chi connectivity index (χ3v) is 5.75. The molecule has 1 aromatic rings. The Kier molecular flexibility index (Phi) is 5.81. The number of aromatic nitrogens is 2. The Balaban J connectivity index is 1.50. The van der Waals surface area contributed by atoms with Crippen molar-refractivity contribution in [3.8, 4) is 0 Å². The summed E-state index contributed by atoms with van der Waals surface area (Å²) in [5.41, 5.74) is 0. The van der Waals surface area contributed by atoms with Crippen LogP contribution in [0.15, 0.2) is 12.3 Å². The molecule has 6 nitrogen and oxygen atoms in total. The van der Waals surface area contributed by atoms with Crippen LogP contribution >= 0.6 is 11.8 Å². The molecule has 7 heteroatoms. The number of carbonyl (C=O) groups is 1. The Morgan fingerprint density at radius 2 is 1.96 bits per heavy atom. The number of anilines is 2. The van der Waals surface area contributed by atoms with Crippen LogP contribution < -0.4 is 9.80 Å². The Morgan fingerprint density at radius 3 is 2.62 bits per heavy atom. The Bertz CT molecular complexity index is 554. The van der Waals surface area contributed by atoms with E-state index in [1.807, 2.05) is 47.9 Å². The van der Waals surface area contributed by atoms with E-state index in [-0.39, 0.29) is 0 Å². The molecule has 2 fully saturated rings. The summed E-state index contributed by atoms with van der Waals surface area (Å²) in [5.74, 6) is 4.76. The van der Waals surface area contributed by atoms with E-state index in [0.29, 0.717) is 18.2 Å². The summed E-state index contributed by atoms with van der Waals surface area (Å²) in [6.07, 6.45) is 4.62. The Labute approximate surface area is 148 Å². The van der Waals surface area contributed by atoms with Gasteiger partial charge in [0.2, 0.25) is 11.9 Å². The van der Waals surface area contributed by atoms with E-state index in [1.54, 1.807) is 0 Å². The van der Waals surface area contributed by atoms with Crippen molar-refractivity contribution >= 4 is 29.4 Å². The van der Waals surface area contributed by atoms with Gasteiger partial charge >= 0.3 is 0 Å². The number of carbonyl (C=O) groups excluding carboxylic acids is 1. The summed E-state index contributed by atoms with van der Waals surface area (Å²) in [6, 6.07) is 1.92. The standard InChI is InChI=1S/C17H27N5OS/c1-20(2)15-3-6-18-17(19-15)22-7-4-14(5-8-22)13-16(23)21-9-11-24-12-10-21/h3,6,14H,4-5,7-13H2,1-2H3. The molecule has 2 saturated heterocycles. The fourth-order valence-electron chi connectivity index (χ4n) is 3.27. The average Bonchev–Trinajstić information content (AvgIpc) is 2.63. The number of hydrogen-bond acceptors (Lipinski definition) is 6. The van der Waals surface area contributed by atoms with Crippen molar-refractivity contribution in [2.45, 2.75) is 19.3 Å². The van der Waals surface area contributed by atoms with Crippen LogP contribution in [0.25, 0.3) is 0 Å². The first-order valence-electron chi connectivity index (χ1n) is 8.74. The maximum Gasteiger partial charge on any atom is 0.227 e. The normalized spacial score (nSPS) is 19.4. The molecular weight excluding hydrogens is 322 g/mol. The van der Waals surface area contributed by atoms with Crippen LogP contribution in [-0.2, 0) is 4.79 Å². The molecule has 3 heterocycles. The number of hydrogen-bond donors (Lipinski definition) is 0. The van der Waals surface area contributed by atoms with Crippen LogP contribution in [-0.4, -0.2) is 72.6 Å². The van der Waals surface area contributed by atoms with Gasteiger partial charge in [-0.3, -0.25) is 4.79 Å². The smallest absolute Gasteiger partial charge is 0.227 e. The van der Waals surface area contributed by atoms with E-state index in [4.69, 9.17) is 0 Å². The largest absolute Gasteiger partial charge is 0.363 e. The maximum absolute atomic E-state index is 12.4. The van der Waals surface area contributed by atoms with Crippen LogP contribution in [0.5, 0.6) is 0 Å². The lowest BCUT2D eigenvalue weighted by molar-refractivity contribution is -0.132. The van der Waals surface area contributed by atoms with Gasteiger partial charge in [0.05, 0.1) is 0 Å². The molecule has 1 aromatic heterocycles. The highest BCUT2D eigenvalue weighted by Crippen LogP contribution is 2.25.